The molecule has 0 saturated heterocycles. The number of amides is 1. The number of carboxylic acid groups (broad SMARTS) is 1. The molecule has 1 rings (SSSR count). The van der Waals surface area contributed by atoms with Crippen LogP contribution in [0.2, 0.25) is 5.02 Å². The molecule has 0 heterocycles. The Morgan fingerprint density at radius 1 is 1.50 bits per heavy atom. The maximum atomic E-state index is 10.6. The molecule has 1 aromatic rings. The molecular formula is C11H14ClNO3. The molecule has 0 aliphatic rings. The maximum absolute atomic E-state index is 10.6. The number of rotatable bonds is 4. The molecule has 1 amide bonds. The monoisotopic (exact) mass is 243 g/mol. The minimum absolute atomic E-state index is 0.439. The maximum Gasteiger partial charge on any atom is 0.405 e. The van der Waals surface area contributed by atoms with E-state index in [1.54, 1.807) is 31.2 Å². The topological polar surface area (TPSA) is 69.6 Å². The average molecular weight is 244 g/mol. The number of aliphatic hydroxyl groups is 1. The predicted molar refractivity (Wildman–Crippen MR) is 61.7 cm³/mol. The molecule has 5 heteroatoms. The van der Waals surface area contributed by atoms with E-state index in [9.17, 15) is 9.90 Å². The fourth-order valence-corrected chi connectivity index (χ4v) is 1.73. The second-order valence-corrected chi connectivity index (χ2v) is 3.83. The largest absolute Gasteiger partial charge is 0.465 e. The van der Waals surface area contributed by atoms with Gasteiger partial charge in [0.1, 0.15) is 0 Å². The summed E-state index contributed by atoms with van der Waals surface area (Å²) in [6.45, 7) is 1.78. The minimum Gasteiger partial charge on any atom is -0.465 e. The van der Waals surface area contributed by atoms with Crippen molar-refractivity contribution in [3.05, 3.63) is 34.9 Å². The highest BCUT2D eigenvalue weighted by atomic mass is 35.5. The molecule has 2 unspecified atom stereocenters. The van der Waals surface area contributed by atoms with Crippen molar-refractivity contribution in [2.75, 3.05) is 0 Å². The molecule has 4 nitrogen and oxygen atoms in total. The van der Waals surface area contributed by atoms with Crippen molar-refractivity contribution in [2.45, 2.75) is 25.5 Å². The molecule has 0 aromatic heterocycles. The average Bonchev–Trinajstić information content (AvgIpc) is 2.26. The first-order valence-electron chi connectivity index (χ1n) is 4.98. The summed E-state index contributed by atoms with van der Waals surface area (Å²) in [7, 11) is 0. The smallest absolute Gasteiger partial charge is 0.405 e. The van der Waals surface area contributed by atoms with Crippen LogP contribution in [-0.2, 0) is 0 Å². The first-order chi connectivity index (χ1) is 7.56. The zero-order chi connectivity index (χ0) is 12.1. The molecule has 0 bridgehead atoms. The van der Waals surface area contributed by atoms with Gasteiger partial charge in [-0.2, -0.15) is 0 Å². The van der Waals surface area contributed by atoms with Crippen LogP contribution in [0.1, 0.15) is 24.9 Å². The van der Waals surface area contributed by atoms with Crippen LogP contribution in [0.4, 0.5) is 4.79 Å². The second kappa shape index (κ2) is 5.72. The number of hydrogen-bond donors (Lipinski definition) is 3. The first-order valence-corrected chi connectivity index (χ1v) is 5.36. The van der Waals surface area contributed by atoms with E-state index in [0.717, 1.165) is 0 Å². The number of aliphatic hydroxyl groups excluding tert-OH is 1. The van der Waals surface area contributed by atoms with Crippen LogP contribution in [0.3, 0.4) is 0 Å². The Bertz CT molecular complexity index is 370. The molecule has 16 heavy (non-hydrogen) atoms. The van der Waals surface area contributed by atoms with E-state index in [2.05, 4.69) is 5.32 Å². The van der Waals surface area contributed by atoms with E-state index in [1.165, 1.54) is 0 Å². The van der Waals surface area contributed by atoms with Crippen LogP contribution in [0.15, 0.2) is 24.3 Å². The fraction of sp³-hybridized carbons (Fsp3) is 0.364. The van der Waals surface area contributed by atoms with E-state index in [0.29, 0.717) is 17.0 Å². The summed E-state index contributed by atoms with van der Waals surface area (Å²) in [6.07, 6.45) is -1.54. The number of halogens is 1. The van der Waals surface area contributed by atoms with Gasteiger partial charge in [-0.1, -0.05) is 36.7 Å². The van der Waals surface area contributed by atoms with Crippen molar-refractivity contribution in [3.63, 3.8) is 0 Å². The Balaban J connectivity index is 3.01. The lowest BCUT2D eigenvalue weighted by Gasteiger charge is -2.23. The summed E-state index contributed by atoms with van der Waals surface area (Å²) in [4.78, 5) is 10.6. The van der Waals surface area contributed by atoms with Gasteiger partial charge in [-0.15, -0.1) is 0 Å². The summed E-state index contributed by atoms with van der Waals surface area (Å²) in [5.74, 6) is 0. The molecular weight excluding hydrogens is 230 g/mol. The number of carbonyl (C=O) groups is 1. The standard InChI is InChI=1S/C11H14ClNO3/c1-2-9(14)10(13-11(15)16)7-5-3-4-6-8(7)12/h3-6,9-10,13-14H,2H2,1H3,(H,15,16). The van der Waals surface area contributed by atoms with Crippen LogP contribution in [0.25, 0.3) is 0 Å². The summed E-state index contributed by atoms with van der Waals surface area (Å²) in [5.41, 5.74) is 0.584. The van der Waals surface area contributed by atoms with Gasteiger partial charge >= 0.3 is 6.09 Å². The van der Waals surface area contributed by atoms with Gasteiger partial charge in [-0.3, -0.25) is 0 Å². The second-order valence-electron chi connectivity index (χ2n) is 3.42. The van der Waals surface area contributed by atoms with E-state index >= 15 is 0 Å². The van der Waals surface area contributed by atoms with Crippen LogP contribution in [0, 0.1) is 0 Å². The van der Waals surface area contributed by atoms with Crippen LogP contribution < -0.4 is 5.32 Å². The van der Waals surface area contributed by atoms with Gasteiger partial charge in [-0.05, 0) is 18.1 Å². The highest BCUT2D eigenvalue weighted by Crippen LogP contribution is 2.26. The highest BCUT2D eigenvalue weighted by Gasteiger charge is 2.23. The van der Waals surface area contributed by atoms with Gasteiger partial charge in [0.15, 0.2) is 0 Å². The van der Waals surface area contributed by atoms with Crippen molar-refractivity contribution in [2.24, 2.45) is 0 Å². The van der Waals surface area contributed by atoms with Crippen molar-refractivity contribution in [1.82, 2.24) is 5.32 Å². The van der Waals surface area contributed by atoms with Crippen LogP contribution in [-0.4, -0.2) is 22.4 Å². The molecule has 3 N–H and O–H groups in total. The molecule has 2 atom stereocenters. The van der Waals surface area contributed by atoms with Crippen molar-refractivity contribution >= 4 is 17.7 Å². The Morgan fingerprint density at radius 2 is 2.12 bits per heavy atom. The van der Waals surface area contributed by atoms with E-state index in [-0.39, 0.29) is 0 Å². The molecule has 88 valence electrons. The Labute approximate surface area is 98.9 Å². The number of benzene rings is 1. The first kappa shape index (κ1) is 12.8. The Morgan fingerprint density at radius 3 is 2.62 bits per heavy atom. The van der Waals surface area contributed by atoms with Crippen molar-refractivity contribution < 1.29 is 15.0 Å². The van der Waals surface area contributed by atoms with Crippen molar-refractivity contribution in [1.29, 1.82) is 0 Å². The van der Waals surface area contributed by atoms with E-state index < -0.39 is 18.2 Å². The van der Waals surface area contributed by atoms with Gasteiger partial charge < -0.3 is 15.5 Å². The molecule has 0 radical (unpaired) electrons. The number of nitrogens with one attached hydrogen (secondary N) is 1. The SMILES string of the molecule is CCC(O)C(NC(=O)O)c1ccccc1Cl. The molecule has 0 fully saturated rings. The highest BCUT2D eigenvalue weighted by molar-refractivity contribution is 6.31. The van der Waals surface area contributed by atoms with E-state index in [4.69, 9.17) is 16.7 Å². The zero-order valence-corrected chi connectivity index (χ0v) is 9.61. The minimum atomic E-state index is -1.18. The molecule has 0 spiro atoms. The molecule has 0 aliphatic carbocycles. The van der Waals surface area contributed by atoms with Gasteiger partial charge in [-0.25, -0.2) is 4.79 Å². The third kappa shape index (κ3) is 3.12. The lowest BCUT2D eigenvalue weighted by Crippen LogP contribution is -2.35. The normalized spacial score (nSPS) is 14.2. The van der Waals surface area contributed by atoms with E-state index in [1.807, 2.05) is 0 Å². The van der Waals surface area contributed by atoms with Crippen LogP contribution in [0.5, 0.6) is 0 Å². The predicted octanol–water partition coefficient (Wildman–Crippen LogP) is 2.42. The van der Waals surface area contributed by atoms with Gasteiger partial charge in [0.25, 0.3) is 0 Å². The lowest BCUT2D eigenvalue weighted by molar-refractivity contribution is 0.116. The third-order valence-corrected chi connectivity index (χ3v) is 2.67. The van der Waals surface area contributed by atoms with Gasteiger partial charge in [0.2, 0.25) is 0 Å². The Hall–Kier alpha value is -1.26. The Kier molecular flexibility index (Phi) is 4.58. The summed E-state index contributed by atoms with van der Waals surface area (Å²) >= 11 is 5.96. The molecule has 0 aliphatic heterocycles. The lowest BCUT2D eigenvalue weighted by atomic mass is 10.00. The van der Waals surface area contributed by atoms with Crippen LogP contribution >= 0.6 is 11.6 Å². The number of hydrogen-bond acceptors (Lipinski definition) is 2. The van der Waals surface area contributed by atoms with Crippen molar-refractivity contribution in [3.8, 4) is 0 Å². The van der Waals surface area contributed by atoms with Gasteiger partial charge in [0.05, 0.1) is 12.1 Å². The summed E-state index contributed by atoms with van der Waals surface area (Å²) in [5, 5.41) is 21.2. The summed E-state index contributed by atoms with van der Waals surface area (Å²) < 4.78 is 0. The zero-order valence-electron chi connectivity index (χ0n) is 8.85. The molecule has 0 saturated carbocycles. The quantitative estimate of drug-likeness (QED) is 0.761. The summed E-state index contributed by atoms with van der Waals surface area (Å²) in [6, 6.07) is 6.16. The molecule has 1 aromatic carbocycles. The van der Waals surface area contributed by atoms with Gasteiger partial charge in [0, 0.05) is 5.02 Å². The fourth-order valence-electron chi connectivity index (χ4n) is 1.48. The third-order valence-electron chi connectivity index (χ3n) is 2.32.